The zero-order valence-electron chi connectivity index (χ0n) is 10.8. The quantitative estimate of drug-likeness (QED) is 0.798. The SMILES string of the molecule is CN(c1cc(F)c(C(=O)O)cc1N)C1CCS(=O)(=O)C1. The maximum Gasteiger partial charge on any atom is 0.338 e. The monoisotopic (exact) mass is 302 g/mol. The average Bonchev–Trinajstić information content (AvgIpc) is 2.71. The van der Waals surface area contributed by atoms with Gasteiger partial charge in [0.25, 0.3) is 0 Å². The molecule has 8 heteroatoms. The van der Waals surface area contributed by atoms with Crippen molar-refractivity contribution in [1.82, 2.24) is 0 Å². The number of anilines is 2. The first kappa shape index (κ1) is 14.6. The van der Waals surface area contributed by atoms with Gasteiger partial charge in [0, 0.05) is 19.2 Å². The van der Waals surface area contributed by atoms with Gasteiger partial charge in [0.05, 0.1) is 28.4 Å². The first-order valence-corrected chi connectivity index (χ1v) is 7.79. The summed E-state index contributed by atoms with van der Waals surface area (Å²) in [4.78, 5) is 12.4. The number of hydrogen-bond acceptors (Lipinski definition) is 5. The predicted octanol–water partition coefficient (Wildman–Crippen LogP) is 0.729. The Labute approximate surface area is 115 Å². The van der Waals surface area contributed by atoms with Crippen molar-refractivity contribution in [3.05, 3.63) is 23.5 Å². The first-order valence-electron chi connectivity index (χ1n) is 5.97. The molecule has 1 aromatic rings. The summed E-state index contributed by atoms with van der Waals surface area (Å²) in [5.74, 6) is -2.20. The highest BCUT2D eigenvalue weighted by Gasteiger charge is 2.31. The van der Waals surface area contributed by atoms with Crippen LogP contribution in [0.2, 0.25) is 0 Å². The van der Waals surface area contributed by atoms with Crippen molar-refractivity contribution in [3.63, 3.8) is 0 Å². The van der Waals surface area contributed by atoms with Gasteiger partial charge in [-0.3, -0.25) is 0 Å². The van der Waals surface area contributed by atoms with Gasteiger partial charge in [-0.25, -0.2) is 17.6 Å². The van der Waals surface area contributed by atoms with Crippen molar-refractivity contribution in [2.45, 2.75) is 12.5 Å². The molecule has 0 saturated carbocycles. The second-order valence-electron chi connectivity index (χ2n) is 4.86. The summed E-state index contributed by atoms with van der Waals surface area (Å²) in [6, 6.07) is 1.80. The van der Waals surface area contributed by atoms with E-state index in [0.717, 1.165) is 12.1 Å². The molecule has 1 heterocycles. The van der Waals surface area contributed by atoms with E-state index in [4.69, 9.17) is 10.8 Å². The standard InChI is InChI=1S/C12H15FN2O4S/c1-15(7-2-3-20(18,19)6-7)11-5-9(13)8(12(16)17)4-10(11)14/h4-5,7H,2-3,6,14H2,1H3,(H,16,17). The van der Waals surface area contributed by atoms with Crippen LogP contribution in [0, 0.1) is 5.82 Å². The number of benzene rings is 1. The largest absolute Gasteiger partial charge is 0.478 e. The van der Waals surface area contributed by atoms with Crippen LogP contribution in [0.3, 0.4) is 0 Å². The van der Waals surface area contributed by atoms with Crippen LogP contribution >= 0.6 is 0 Å². The number of carboxylic acids is 1. The second kappa shape index (κ2) is 4.93. The summed E-state index contributed by atoms with van der Waals surface area (Å²) in [5.41, 5.74) is 5.65. The summed E-state index contributed by atoms with van der Waals surface area (Å²) < 4.78 is 36.6. The van der Waals surface area contributed by atoms with Crippen molar-refractivity contribution < 1.29 is 22.7 Å². The zero-order valence-corrected chi connectivity index (χ0v) is 11.7. The van der Waals surface area contributed by atoms with Gasteiger partial charge in [0.15, 0.2) is 9.84 Å². The predicted molar refractivity (Wildman–Crippen MR) is 73.2 cm³/mol. The number of carbonyl (C=O) groups is 1. The molecule has 3 N–H and O–H groups in total. The van der Waals surface area contributed by atoms with Crippen molar-refractivity contribution in [3.8, 4) is 0 Å². The number of halogens is 1. The summed E-state index contributed by atoms with van der Waals surface area (Å²) in [6.45, 7) is 0. The normalized spacial score (nSPS) is 20.8. The van der Waals surface area contributed by atoms with Crippen LogP contribution in [0.15, 0.2) is 12.1 Å². The summed E-state index contributed by atoms with van der Waals surface area (Å²) in [6.07, 6.45) is 0.445. The molecule has 0 radical (unpaired) electrons. The van der Waals surface area contributed by atoms with Crippen LogP contribution in [0.25, 0.3) is 0 Å². The van der Waals surface area contributed by atoms with E-state index in [0.29, 0.717) is 12.1 Å². The van der Waals surface area contributed by atoms with Gasteiger partial charge in [-0.1, -0.05) is 0 Å². The molecular formula is C12H15FN2O4S. The Morgan fingerprint density at radius 2 is 2.15 bits per heavy atom. The molecule has 2 rings (SSSR count). The summed E-state index contributed by atoms with van der Waals surface area (Å²) >= 11 is 0. The Morgan fingerprint density at radius 3 is 2.65 bits per heavy atom. The minimum Gasteiger partial charge on any atom is -0.478 e. The minimum absolute atomic E-state index is 0.00869. The van der Waals surface area contributed by atoms with E-state index in [9.17, 15) is 17.6 Å². The molecule has 1 saturated heterocycles. The van der Waals surface area contributed by atoms with E-state index in [-0.39, 0.29) is 23.2 Å². The van der Waals surface area contributed by atoms with Crippen molar-refractivity contribution in [1.29, 1.82) is 0 Å². The summed E-state index contributed by atoms with van der Waals surface area (Å²) in [7, 11) is -1.44. The highest BCUT2D eigenvalue weighted by molar-refractivity contribution is 7.91. The molecule has 110 valence electrons. The van der Waals surface area contributed by atoms with Crippen LogP contribution in [0.1, 0.15) is 16.8 Å². The molecule has 0 spiro atoms. The molecule has 20 heavy (non-hydrogen) atoms. The fraction of sp³-hybridized carbons (Fsp3) is 0.417. The third-order valence-electron chi connectivity index (χ3n) is 3.48. The lowest BCUT2D eigenvalue weighted by Crippen LogP contribution is -2.33. The Morgan fingerprint density at radius 1 is 1.50 bits per heavy atom. The number of rotatable bonds is 3. The molecule has 0 bridgehead atoms. The molecule has 1 aliphatic rings. The van der Waals surface area contributed by atoms with Gasteiger partial charge < -0.3 is 15.7 Å². The third kappa shape index (κ3) is 2.69. The Hall–Kier alpha value is -1.83. The number of sulfone groups is 1. The molecule has 0 amide bonds. The van der Waals surface area contributed by atoms with Crippen LogP contribution in [0.5, 0.6) is 0 Å². The van der Waals surface area contributed by atoms with E-state index < -0.39 is 27.2 Å². The van der Waals surface area contributed by atoms with E-state index in [1.807, 2.05) is 0 Å². The highest BCUT2D eigenvalue weighted by atomic mass is 32.2. The number of hydrogen-bond donors (Lipinski definition) is 2. The van der Waals surface area contributed by atoms with Gasteiger partial charge in [-0.2, -0.15) is 0 Å². The van der Waals surface area contributed by atoms with Crippen molar-refractivity contribution in [2.75, 3.05) is 29.2 Å². The lowest BCUT2D eigenvalue weighted by atomic mass is 10.1. The fourth-order valence-corrected chi connectivity index (χ4v) is 4.10. The van der Waals surface area contributed by atoms with Crippen molar-refractivity contribution >= 4 is 27.2 Å². The molecular weight excluding hydrogens is 287 g/mol. The lowest BCUT2D eigenvalue weighted by Gasteiger charge is -2.27. The molecule has 0 aromatic heterocycles. The van der Waals surface area contributed by atoms with Crippen LogP contribution < -0.4 is 10.6 Å². The van der Waals surface area contributed by atoms with E-state index in [2.05, 4.69) is 0 Å². The zero-order chi connectivity index (χ0) is 15.1. The number of aromatic carboxylic acids is 1. The van der Waals surface area contributed by atoms with Crippen LogP contribution in [-0.4, -0.2) is 44.1 Å². The van der Waals surface area contributed by atoms with E-state index in [1.165, 1.54) is 0 Å². The number of nitrogens with zero attached hydrogens (tertiary/aromatic N) is 1. The number of carboxylic acid groups (broad SMARTS) is 1. The Bertz CT molecular complexity index is 660. The maximum atomic E-state index is 13.7. The topological polar surface area (TPSA) is 101 Å². The van der Waals surface area contributed by atoms with Gasteiger partial charge >= 0.3 is 5.97 Å². The van der Waals surface area contributed by atoms with Gasteiger partial charge in [0.2, 0.25) is 0 Å². The molecule has 1 atom stereocenters. The molecule has 1 fully saturated rings. The smallest absolute Gasteiger partial charge is 0.338 e. The number of nitrogens with two attached hydrogens (primary N) is 1. The molecule has 1 aliphatic heterocycles. The van der Waals surface area contributed by atoms with Crippen LogP contribution in [0.4, 0.5) is 15.8 Å². The number of nitrogen functional groups attached to an aromatic ring is 1. The molecule has 1 unspecified atom stereocenters. The van der Waals surface area contributed by atoms with Crippen molar-refractivity contribution in [2.24, 2.45) is 0 Å². The van der Waals surface area contributed by atoms with Gasteiger partial charge in [-0.05, 0) is 12.5 Å². The van der Waals surface area contributed by atoms with E-state index >= 15 is 0 Å². The summed E-state index contributed by atoms with van der Waals surface area (Å²) in [5, 5.41) is 8.81. The molecule has 6 nitrogen and oxygen atoms in total. The van der Waals surface area contributed by atoms with Gasteiger partial charge in [-0.15, -0.1) is 0 Å². The maximum absolute atomic E-state index is 13.7. The second-order valence-corrected chi connectivity index (χ2v) is 7.09. The Balaban J connectivity index is 2.34. The average molecular weight is 302 g/mol. The van der Waals surface area contributed by atoms with Gasteiger partial charge in [0.1, 0.15) is 5.82 Å². The molecule has 0 aliphatic carbocycles. The van der Waals surface area contributed by atoms with E-state index in [1.54, 1.807) is 11.9 Å². The fourth-order valence-electron chi connectivity index (χ4n) is 2.33. The Kier molecular flexibility index (Phi) is 3.59. The molecule has 1 aromatic carbocycles. The first-order chi connectivity index (χ1) is 9.21. The van der Waals surface area contributed by atoms with Crippen LogP contribution in [-0.2, 0) is 9.84 Å². The third-order valence-corrected chi connectivity index (χ3v) is 5.23. The lowest BCUT2D eigenvalue weighted by molar-refractivity contribution is 0.0692. The minimum atomic E-state index is -3.06. The highest BCUT2D eigenvalue weighted by Crippen LogP contribution is 2.30.